The van der Waals surface area contributed by atoms with Gasteiger partial charge in [-0.15, -0.1) is 0 Å². The van der Waals surface area contributed by atoms with Crippen molar-refractivity contribution in [3.05, 3.63) is 24.3 Å². The zero-order chi connectivity index (χ0) is 12.4. The van der Waals surface area contributed by atoms with Crippen LogP contribution in [0.1, 0.15) is 19.3 Å². The molecule has 1 saturated carbocycles. The van der Waals surface area contributed by atoms with E-state index < -0.39 is 0 Å². The highest BCUT2D eigenvalue weighted by atomic mass is 16.6. The van der Waals surface area contributed by atoms with E-state index in [0.29, 0.717) is 24.5 Å². The SMILES string of the molecule is NCC1CCCC1COc1nc2ccccc2o1. The summed E-state index contributed by atoms with van der Waals surface area (Å²) in [4.78, 5) is 4.30. The van der Waals surface area contributed by atoms with Gasteiger partial charge in [0.1, 0.15) is 5.52 Å². The number of para-hydroxylation sites is 2. The lowest BCUT2D eigenvalue weighted by molar-refractivity contribution is 0.172. The monoisotopic (exact) mass is 246 g/mol. The summed E-state index contributed by atoms with van der Waals surface area (Å²) in [7, 11) is 0. The minimum Gasteiger partial charge on any atom is -0.450 e. The normalized spacial score (nSPS) is 23.6. The number of aromatic nitrogens is 1. The fraction of sp³-hybridized carbons (Fsp3) is 0.500. The van der Waals surface area contributed by atoms with Gasteiger partial charge in [0, 0.05) is 0 Å². The fourth-order valence-corrected chi connectivity index (χ4v) is 2.73. The van der Waals surface area contributed by atoms with E-state index in [1.54, 1.807) is 0 Å². The number of hydrogen-bond donors (Lipinski definition) is 1. The van der Waals surface area contributed by atoms with Crippen molar-refractivity contribution in [3.63, 3.8) is 0 Å². The van der Waals surface area contributed by atoms with Gasteiger partial charge in [-0.1, -0.05) is 18.6 Å². The van der Waals surface area contributed by atoms with Crippen LogP contribution in [0.4, 0.5) is 0 Å². The first-order valence-electron chi connectivity index (χ1n) is 6.55. The molecule has 1 aromatic heterocycles. The second-order valence-corrected chi connectivity index (χ2v) is 4.95. The number of benzene rings is 1. The molecule has 1 aromatic carbocycles. The standard InChI is InChI=1S/C14H18N2O2/c15-8-10-4-3-5-11(10)9-17-14-16-12-6-1-2-7-13(12)18-14/h1-2,6-7,10-11H,3-5,8-9,15H2. The zero-order valence-corrected chi connectivity index (χ0v) is 10.3. The molecule has 2 N–H and O–H groups in total. The molecule has 0 spiro atoms. The Hall–Kier alpha value is -1.55. The van der Waals surface area contributed by atoms with Crippen molar-refractivity contribution in [1.82, 2.24) is 4.98 Å². The lowest BCUT2D eigenvalue weighted by Gasteiger charge is -2.16. The molecule has 0 radical (unpaired) electrons. The Bertz CT molecular complexity index is 490. The minimum absolute atomic E-state index is 0.374. The summed E-state index contributed by atoms with van der Waals surface area (Å²) in [5, 5.41) is 0. The van der Waals surface area contributed by atoms with Gasteiger partial charge in [0.25, 0.3) is 0 Å². The van der Waals surface area contributed by atoms with Crippen molar-refractivity contribution < 1.29 is 9.15 Å². The molecule has 1 aliphatic carbocycles. The molecule has 2 unspecified atom stereocenters. The molecule has 96 valence electrons. The van der Waals surface area contributed by atoms with E-state index in [2.05, 4.69) is 4.98 Å². The topological polar surface area (TPSA) is 61.3 Å². The van der Waals surface area contributed by atoms with Crippen LogP contribution >= 0.6 is 0 Å². The van der Waals surface area contributed by atoms with E-state index in [1.807, 2.05) is 24.3 Å². The van der Waals surface area contributed by atoms with Crippen molar-refractivity contribution in [2.75, 3.05) is 13.2 Å². The Morgan fingerprint density at radius 2 is 2.11 bits per heavy atom. The Kier molecular flexibility index (Phi) is 3.19. The average Bonchev–Trinajstić information content (AvgIpc) is 3.01. The fourth-order valence-electron chi connectivity index (χ4n) is 2.73. The lowest BCUT2D eigenvalue weighted by Crippen LogP contribution is -2.23. The highest BCUT2D eigenvalue weighted by Gasteiger charge is 2.27. The van der Waals surface area contributed by atoms with Gasteiger partial charge in [0.2, 0.25) is 0 Å². The van der Waals surface area contributed by atoms with Crippen LogP contribution in [0.2, 0.25) is 0 Å². The van der Waals surface area contributed by atoms with Crippen LogP contribution in [0.5, 0.6) is 6.08 Å². The largest absolute Gasteiger partial charge is 0.450 e. The second-order valence-electron chi connectivity index (χ2n) is 4.95. The van der Waals surface area contributed by atoms with Crippen molar-refractivity contribution in [2.45, 2.75) is 19.3 Å². The first-order valence-corrected chi connectivity index (χ1v) is 6.55. The summed E-state index contributed by atoms with van der Waals surface area (Å²) in [6.45, 7) is 1.41. The van der Waals surface area contributed by atoms with Crippen LogP contribution in [0, 0.1) is 11.8 Å². The number of nitrogens with two attached hydrogens (primary N) is 1. The van der Waals surface area contributed by atoms with Gasteiger partial charge in [-0.25, -0.2) is 0 Å². The first kappa shape index (κ1) is 11.5. The number of nitrogens with zero attached hydrogens (tertiary/aromatic N) is 1. The molecule has 0 aliphatic heterocycles. The molecule has 0 amide bonds. The maximum Gasteiger partial charge on any atom is 0.394 e. The molecule has 2 atom stereocenters. The summed E-state index contributed by atoms with van der Waals surface area (Å²) < 4.78 is 11.2. The van der Waals surface area contributed by atoms with Crippen molar-refractivity contribution in [2.24, 2.45) is 17.6 Å². The Balaban J connectivity index is 1.66. The van der Waals surface area contributed by atoms with Gasteiger partial charge >= 0.3 is 6.08 Å². The highest BCUT2D eigenvalue weighted by Crippen LogP contribution is 2.31. The third-order valence-corrected chi connectivity index (χ3v) is 3.81. The average molecular weight is 246 g/mol. The van der Waals surface area contributed by atoms with E-state index in [0.717, 1.165) is 17.6 Å². The van der Waals surface area contributed by atoms with Gasteiger partial charge in [0.15, 0.2) is 5.58 Å². The lowest BCUT2D eigenvalue weighted by atomic mass is 9.97. The van der Waals surface area contributed by atoms with Crippen LogP contribution in [-0.2, 0) is 0 Å². The quantitative estimate of drug-likeness (QED) is 0.900. The molecule has 3 rings (SSSR count). The maximum atomic E-state index is 5.76. The van der Waals surface area contributed by atoms with Gasteiger partial charge in [-0.05, 0) is 43.4 Å². The van der Waals surface area contributed by atoms with E-state index in [4.69, 9.17) is 14.9 Å². The second kappa shape index (κ2) is 4.98. The highest BCUT2D eigenvalue weighted by molar-refractivity contribution is 5.72. The number of fused-ring (bicyclic) bond motifs is 1. The molecular weight excluding hydrogens is 228 g/mol. The number of rotatable bonds is 4. The van der Waals surface area contributed by atoms with Crippen LogP contribution in [0.3, 0.4) is 0 Å². The first-order chi connectivity index (χ1) is 8.86. The summed E-state index contributed by atoms with van der Waals surface area (Å²) in [6, 6.07) is 7.69. The van der Waals surface area contributed by atoms with Crippen molar-refractivity contribution in [3.8, 4) is 6.08 Å². The summed E-state index contributed by atoms with van der Waals surface area (Å²) in [6.07, 6.45) is 4.04. The predicted octanol–water partition coefficient (Wildman–Crippen LogP) is 2.58. The van der Waals surface area contributed by atoms with E-state index in [-0.39, 0.29) is 0 Å². The smallest absolute Gasteiger partial charge is 0.394 e. The molecule has 2 aromatic rings. The molecular formula is C14H18N2O2. The number of ether oxygens (including phenoxy) is 1. The Morgan fingerprint density at radius 3 is 2.94 bits per heavy atom. The van der Waals surface area contributed by atoms with Gasteiger partial charge in [-0.3, -0.25) is 0 Å². The molecule has 1 fully saturated rings. The third kappa shape index (κ3) is 2.20. The van der Waals surface area contributed by atoms with Crippen molar-refractivity contribution >= 4 is 11.1 Å². The van der Waals surface area contributed by atoms with Crippen LogP contribution in [-0.4, -0.2) is 18.1 Å². The molecule has 0 bridgehead atoms. The molecule has 4 heteroatoms. The van der Waals surface area contributed by atoms with Crippen molar-refractivity contribution in [1.29, 1.82) is 0 Å². The third-order valence-electron chi connectivity index (χ3n) is 3.81. The molecule has 4 nitrogen and oxygen atoms in total. The van der Waals surface area contributed by atoms with E-state index in [9.17, 15) is 0 Å². The molecule has 18 heavy (non-hydrogen) atoms. The molecule has 1 aliphatic rings. The maximum absolute atomic E-state index is 5.76. The molecule has 1 heterocycles. The zero-order valence-electron chi connectivity index (χ0n) is 10.3. The van der Waals surface area contributed by atoms with Gasteiger partial charge < -0.3 is 14.9 Å². The minimum atomic E-state index is 0.374. The Labute approximate surface area is 106 Å². The summed E-state index contributed by atoms with van der Waals surface area (Å²) >= 11 is 0. The summed E-state index contributed by atoms with van der Waals surface area (Å²) in [5.74, 6) is 1.14. The molecule has 0 saturated heterocycles. The van der Waals surface area contributed by atoms with E-state index in [1.165, 1.54) is 19.3 Å². The van der Waals surface area contributed by atoms with Crippen LogP contribution in [0.25, 0.3) is 11.1 Å². The van der Waals surface area contributed by atoms with Gasteiger partial charge in [-0.2, -0.15) is 4.98 Å². The predicted molar refractivity (Wildman–Crippen MR) is 69.4 cm³/mol. The summed E-state index contributed by atoms with van der Waals surface area (Å²) in [5.41, 5.74) is 7.37. The Morgan fingerprint density at radius 1 is 1.28 bits per heavy atom. The number of hydrogen-bond acceptors (Lipinski definition) is 4. The van der Waals surface area contributed by atoms with Crippen LogP contribution in [0.15, 0.2) is 28.7 Å². The van der Waals surface area contributed by atoms with Crippen LogP contribution < -0.4 is 10.5 Å². The number of oxazole rings is 1. The van der Waals surface area contributed by atoms with Gasteiger partial charge in [0.05, 0.1) is 6.61 Å². The van der Waals surface area contributed by atoms with E-state index >= 15 is 0 Å².